The van der Waals surface area contributed by atoms with E-state index in [9.17, 15) is 28.6 Å². The Hall–Kier alpha value is -2.05. The van der Waals surface area contributed by atoms with Crippen LogP contribution in [0.4, 0.5) is 0 Å². The van der Waals surface area contributed by atoms with Gasteiger partial charge in [0.25, 0.3) is 19.6 Å². The molecule has 0 rings (SSSR count). The van der Waals surface area contributed by atoms with Gasteiger partial charge in [0.1, 0.15) is 0 Å². The van der Waals surface area contributed by atoms with Gasteiger partial charge in [0.2, 0.25) is 0 Å². The highest BCUT2D eigenvalue weighted by Gasteiger charge is 2.21. The van der Waals surface area contributed by atoms with E-state index in [0.717, 1.165) is 13.7 Å². The van der Waals surface area contributed by atoms with E-state index in [-0.39, 0.29) is 26.0 Å². The van der Waals surface area contributed by atoms with Crippen LogP contribution in [0, 0.1) is 0 Å². The molecule has 0 saturated heterocycles. The topological polar surface area (TPSA) is 181 Å². The van der Waals surface area contributed by atoms with Crippen LogP contribution in [-0.4, -0.2) is 75.9 Å². The largest absolute Gasteiger partial charge is 0.756 e. The van der Waals surface area contributed by atoms with Crippen molar-refractivity contribution in [3.63, 3.8) is 0 Å². The van der Waals surface area contributed by atoms with Crippen LogP contribution < -0.4 is 20.8 Å². The maximum absolute atomic E-state index is 11.8. The summed E-state index contributed by atoms with van der Waals surface area (Å²) in [4.78, 5) is 58.1. The van der Waals surface area contributed by atoms with Crippen molar-refractivity contribution in [2.45, 2.75) is 66.1 Å². The third-order valence-corrected chi connectivity index (χ3v) is 4.56. The predicted octanol–water partition coefficient (Wildman–Crippen LogP) is 0.0196. The number of phosphoric acid groups is 1. The Morgan fingerprint density at radius 2 is 1.29 bits per heavy atom. The van der Waals surface area contributed by atoms with Gasteiger partial charge in [-0.25, -0.2) is 0 Å². The summed E-state index contributed by atoms with van der Waals surface area (Å²) in [5.74, 6) is -2.72. The summed E-state index contributed by atoms with van der Waals surface area (Å²) in [6, 6.07) is 0. The first kappa shape index (κ1) is 34.1. The average molecular weight is 513 g/mol. The smallest absolute Gasteiger partial charge is 0.307 e. The van der Waals surface area contributed by atoms with E-state index < -0.39 is 43.8 Å². The summed E-state index contributed by atoms with van der Waals surface area (Å²) < 4.78 is 29.3. The van der Waals surface area contributed by atoms with Crippen molar-refractivity contribution in [1.82, 2.24) is 16.0 Å². The van der Waals surface area contributed by atoms with E-state index in [1.54, 1.807) is 0 Å². The molecule has 0 radical (unpaired) electrons. The molecule has 0 saturated carbocycles. The first-order valence-corrected chi connectivity index (χ1v) is 12.6. The molecule has 34 heavy (non-hydrogen) atoms. The second kappa shape index (κ2) is 20.3. The van der Waals surface area contributed by atoms with Gasteiger partial charge in [0, 0.05) is 26.7 Å². The molecule has 0 aromatic heterocycles. The summed E-state index contributed by atoms with van der Waals surface area (Å²) in [5, 5.41) is 7.93. The highest BCUT2D eigenvalue weighted by atomic mass is 31.2. The van der Waals surface area contributed by atoms with Gasteiger partial charge in [0.15, 0.2) is 12.2 Å². The van der Waals surface area contributed by atoms with E-state index >= 15 is 0 Å². The Bertz CT molecular complexity index is 663. The monoisotopic (exact) mass is 512 g/mol. The first-order chi connectivity index (χ1) is 15.9. The minimum Gasteiger partial charge on any atom is -0.756 e. The number of nitrogens with one attached hydrogen (secondary N) is 3. The molecule has 3 atom stereocenters. The maximum atomic E-state index is 11.8. The summed E-state index contributed by atoms with van der Waals surface area (Å²) in [7, 11) is -3.45. The number of ether oxygens (including phenoxy) is 2. The van der Waals surface area contributed by atoms with E-state index in [2.05, 4.69) is 38.8 Å². The number of carbonyl (C=O) groups is 4. The lowest BCUT2D eigenvalue weighted by molar-refractivity contribution is -0.222. The number of hydrogen-bond donors (Lipinski definition) is 3. The van der Waals surface area contributed by atoms with Crippen molar-refractivity contribution in [1.29, 1.82) is 0 Å². The van der Waals surface area contributed by atoms with Gasteiger partial charge in [0.05, 0.1) is 19.4 Å². The molecule has 2 amide bonds. The Balaban J connectivity index is 0. The zero-order valence-electron chi connectivity index (χ0n) is 20.8. The van der Waals surface area contributed by atoms with E-state index in [1.807, 2.05) is 6.92 Å². The van der Waals surface area contributed by atoms with Gasteiger partial charge >= 0.3 is 11.9 Å². The lowest BCUT2D eigenvalue weighted by atomic mass is 10.3. The van der Waals surface area contributed by atoms with Crippen LogP contribution in [0.1, 0.15) is 53.9 Å². The summed E-state index contributed by atoms with van der Waals surface area (Å²) in [6.45, 7) is 10.1. The average Bonchev–Trinajstić information content (AvgIpc) is 2.78. The second-order valence-corrected chi connectivity index (χ2v) is 8.39. The van der Waals surface area contributed by atoms with E-state index in [4.69, 9.17) is 9.47 Å². The van der Waals surface area contributed by atoms with E-state index in [0.29, 0.717) is 13.1 Å². The van der Waals surface area contributed by atoms with Crippen LogP contribution in [0.2, 0.25) is 0 Å². The lowest BCUT2D eigenvalue weighted by Gasteiger charge is -2.20. The van der Waals surface area contributed by atoms with E-state index in [1.165, 1.54) is 20.3 Å². The number of hydrogen-bond acceptors (Lipinski definition) is 11. The lowest BCUT2D eigenvalue weighted by Crippen LogP contribution is -2.39. The van der Waals surface area contributed by atoms with Crippen LogP contribution >= 0.6 is 7.82 Å². The standard InChI is InChI=1S/C17H32N3O10P.C3H8/c1-5-18-8-9-19-16(23)12(2)29-14(21)6-7-15(22)30-13(3)17(24)20-10-11-28-31(25,26)27-4;1-3-2/h12-13,18H,5-11H2,1-4H3,(H,19,23)(H,20,24)(H,25,26);3H2,1-2H3/p-1/t12-,13+;/m1./s1. The summed E-state index contributed by atoms with van der Waals surface area (Å²) >= 11 is 0. The number of amides is 2. The molecule has 1 unspecified atom stereocenters. The molecule has 0 heterocycles. The fourth-order valence-electron chi connectivity index (χ4n) is 1.95. The number of carbonyl (C=O) groups excluding carboxylic acids is 4. The summed E-state index contributed by atoms with van der Waals surface area (Å²) in [5.41, 5.74) is 0. The van der Waals surface area contributed by atoms with Gasteiger partial charge < -0.3 is 39.4 Å². The highest BCUT2D eigenvalue weighted by Crippen LogP contribution is 2.36. The molecule has 0 aromatic rings. The molecule has 0 aliphatic rings. The molecular weight excluding hydrogens is 473 g/mol. The van der Waals surface area contributed by atoms with Crippen LogP contribution in [0.5, 0.6) is 0 Å². The van der Waals surface area contributed by atoms with Crippen molar-refractivity contribution in [3.8, 4) is 0 Å². The normalized spacial score (nSPS) is 13.9. The third-order valence-electron chi connectivity index (χ3n) is 3.61. The van der Waals surface area contributed by atoms with Crippen molar-refractivity contribution in [3.05, 3.63) is 0 Å². The minimum absolute atomic E-state index is 0.156. The van der Waals surface area contributed by atoms with Crippen molar-refractivity contribution in [2.24, 2.45) is 0 Å². The van der Waals surface area contributed by atoms with Gasteiger partial charge in [-0.05, 0) is 20.4 Å². The minimum atomic E-state index is -4.38. The Labute approximate surface area is 201 Å². The predicted molar refractivity (Wildman–Crippen MR) is 121 cm³/mol. The second-order valence-electron chi connectivity index (χ2n) is 6.87. The number of esters is 2. The van der Waals surface area contributed by atoms with Crippen LogP contribution in [-0.2, 0) is 42.3 Å². The van der Waals surface area contributed by atoms with Gasteiger partial charge in [-0.2, -0.15) is 0 Å². The number of phosphoric ester groups is 1. The van der Waals surface area contributed by atoms with Crippen LogP contribution in [0.3, 0.4) is 0 Å². The molecule has 0 bridgehead atoms. The Kier molecular flexibility index (Phi) is 20.4. The fraction of sp³-hybridized carbons (Fsp3) is 0.800. The van der Waals surface area contributed by atoms with Crippen molar-refractivity contribution < 1.29 is 47.2 Å². The van der Waals surface area contributed by atoms with Crippen LogP contribution in [0.15, 0.2) is 0 Å². The highest BCUT2D eigenvalue weighted by molar-refractivity contribution is 7.45. The molecule has 0 aliphatic heterocycles. The van der Waals surface area contributed by atoms with Crippen LogP contribution in [0.25, 0.3) is 0 Å². The molecule has 3 N–H and O–H groups in total. The third kappa shape index (κ3) is 19.4. The van der Waals surface area contributed by atoms with Gasteiger partial charge in [-0.3, -0.25) is 23.7 Å². The van der Waals surface area contributed by atoms with Gasteiger partial charge in [-0.15, -0.1) is 0 Å². The molecule has 0 aliphatic carbocycles. The SMILES string of the molecule is CCC.CCNCCNC(=O)[C@@H](C)OC(=O)CCC(=O)O[C@@H](C)C(=O)NCCOP(=O)([O-])OC. The van der Waals surface area contributed by atoms with Crippen molar-refractivity contribution in [2.75, 3.05) is 39.9 Å². The molecular formula is C20H39N3O10P-. The Morgan fingerprint density at radius 3 is 1.71 bits per heavy atom. The first-order valence-electron chi connectivity index (χ1n) is 11.1. The maximum Gasteiger partial charge on any atom is 0.307 e. The molecule has 14 heteroatoms. The Morgan fingerprint density at radius 1 is 0.853 bits per heavy atom. The number of likely N-dealkylation sites (N-methyl/N-ethyl adjacent to an activating group) is 1. The molecule has 0 fully saturated rings. The van der Waals surface area contributed by atoms with Gasteiger partial charge in [-0.1, -0.05) is 27.2 Å². The fourth-order valence-corrected chi connectivity index (χ4v) is 2.37. The van der Waals surface area contributed by atoms with Crippen molar-refractivity contribution >= 4 is 31.6 Å². The zero-order chi connectivity index (χ0) is 26.6. The quantitative estimate of drug-likeness (QED) is 0.144. The molecule has 0 spiro atoms. The molecule has 13 nitrogen and oxygen atoms in total. The zero-order valence-corrected chi connectivity index (χ0v) is 21.7. The summed E-state index contributed by atoms with van der Waals surface area (Å²) in [6.07, 6.45) is -1.61. The molecule has 0 aromatic carbocycles. The number of rotatable bonds is 16. The molecule has 200 valence electrons.